The predicted molar refractivity (Wildman–Crippen MR) is 70.1 cm³/mol. The Hall–Kier alpha value is -1.09. The number of aliphatic hydroxyl groups excluding tert-OH is 1. The maximum atomic E-state index is 9.22. The fourth-order valence-corrected chi connectivity index (χ4v) is 2.54. The number of aromatic nitrogens is 1. The highest BCUT2D eigenvalue weighted by atomic mass is 16.3. The first-order valence-electron chi connectivity index (χ1n) is 6.56. The zero-order chi connectivity index (χ0) is 12.3. The Balaban J connectivity index is 2.10. The van der Waals surface area contributed by atoms with Gasteiger partial charge in [-0.15, -0.1) is 0 Å². The Morgan fingerprint density at radius 2 is 2.06 bits per heavy atom. The van der Waals surface area contributed by atoms with Crippen LogP contribution >= 0.6 is 0 Å². The van der Waals surface area contributed by atoms with Gasteiger partial charge in [0.25, 0.3) is 0 Å². The first-order valence-corrected chi connectivity index (χ1v) is 6.56. The molecular formula is C14H22N2O. The van der Waals surface area contributed by atoms with Gasteiger partial charge in [0.15, 0.2) is 0 Å². The van der Waals surface area contributed by atoms with Crippen LogP contribution in [0.2, 0.25) is 0 Å². The fourth-order valence-electron chi connectivity index (χ4n) is 2.54. The Morgan fingerprint density at radius 3 is 2.65 bits per heavy atom. The van der Waals surface area contributed by atoms with Gasteiger partial charge in [0, 0.05) is 18.8 Å². The molecule has 0 radical (unpaired) electrons. The van der Waals surface area contributed by atoms with Gasteiger partial charge < -0.3 is 10.0 Å². The predicted octanol–water partition coefficient (Wildman–Crippen LogP) is 2.51. The number of aryl methyl sites for hydroxylation is 1. The Morgan fingerprint density at radius 1 is 1.35 bits per heavy atom. The third-order valence-corrected chi connectivity index (χ3v) is 3.70. The highest BCUT2D eigenvalue weighted by molar-refractivity contribution is 5.42. The van der Waals surface area contributed by atoms with E-state index in [-0.39, 0.29) is 6.61 Å². The van der Waals surface area contributed by atoms with Crippen molar-refractivity contribution in [3.05, 3.63) is 23.4 Å². The quantitative estimate of drug-likeness (QED) is 0.873. The number of hydrogen-bond acceptors (Lipinski definition) is 3. The summed E-state index contributed by atoms with van der Waals surface area (Å²) in [5, 5.41) is 9.22. The molecule has 0 bridgehead atoms. The van der Waals surface area contributed by atoms with Gasteiger partial charge in [-0.2, -0.15) is 0 Å². The highest BCUT2D eigenvalue weighted by Crippen LogP contribution is 2.24. The molecule has 0 amide bonds. The van der Waals surface area contributed by atoms with Crippen LogP contribution in [-0.4, -0.2) is 23.2 Å². The average molecular weight is 234 g/mol. The van der Waals surface area contributed by atoms with Gasteiger partial charge >= 0.3 is 0 Å². The van der Waals surface area contributed by atoms with Crippen molar-refractivity contribution < 1.29 is 5.11 Å². The zero-order valence-corrected chi connectivity index (χ0v) is 10.8. The molecule has 2 rings (SSSR count). The molecule has 1 aliphatic heterocycles. The van der Waals surface area contributed by atoms with Crippen LogP contribution in [0.3, 0.4) is 0 Å². The Bertz CT molecular complexity index is 370. The van der Waals surface area contributed by atoms with Crippen LogP contribution in [0.15, 0.2) is 12.1 Å². The summed E-state index contributed by atoms with van der Waals surface area (Å²) in [7, 11) is 0. The van der Waals surface area contributed by atoms with Crippen molar-refractivity contribution in [2.24, 2.45) is 5.92 Å². The van der Waals surface area contributed by atoms with Crippen molar-refractivity contribution in [1.82, 2.24) is 4.98 Å². The molecule has 1 N–H and O–H groups in total. The Kier molecular flexibility index (Phi) is 4.00. The molecule has 0 aliphatic carbocycles. The van der Waals surface area contributed by atoms with E-state index in [2.05, 4.69) is 16.8 Å². The monoisotopic (exact) mass is 234 g/mol. The van der Waals surface area contributed by atoms with Gasteiger partial charge in [0.2, 0.25) is 0 Å². The second-order valence-corrected chi connectivity index (χ2v) is 4.97. The minimum atomic E-state index is 0.0990. The molecule has 1 aromatic heterocycles. The first-order chi connectivity index (χ1) is 8.22. The van der Waals surface area contributed by atoms with E-state index in [9.17, 15) is 5.11 Å². The van der Waals surface area contributed by atoms with Crippen molar-refractivity contribution >= 4 is 5.82 Å². The summed E-state index contributed by atoms with van der Waals surface area (Å²) in [6.45, 7) is 6.55. The number of rotatable bonds is 3. The Labute approximate surface area is 103 Å². The second kappa shape index (κ2) is 5.50. The van der Waals surface area contributed by atoms with Crippen molar-refractivity contribution in [2.75, 3.05) is 18.0 Å². The molecule has 0 unspecified atom stereocenters. The number of anilines is 1. The lowest BCUT2D eigenvalue weighted by atomic mass is 9.94. The third-order valence-electron chi connectivity index (χ3n) is 3.70. The lowest BCUT2D eigenvalue weighted by Gasteiger charge is -2.32. The van der Waals surface area contributed by atoms with Crippen LogP contribution in [-0.2, 0) is 6.61 Å². The average Bonchev–Trinajstić information content (AvgIpc) is 2.38. The van der Waals surface area contributed by atoms with E-state index in [1.54, 1.807) is 0 Å². The van der Waals surface area contributed by atoms with E-state index >= 15 is 0 Å². The molecule has 3 nitrogen and oxygen atoms in total. The first kappa shape index (κ1) is 12.4. The summed E-state index contributed by atoms with van der Waals surface area (Å²) in [6, 6.07) is 3.96. The van der Waals surface area contributed by atoms with Gasteiger partial charge in [-0.05, 0) is 43.4 Å². The number of piperidine rings is 1. The maximum Gasteiger partial charge on any atom is 0.129 e. The van der Waals surface area contributed by atoms with E-state index in [0.717, 1.165) is 36.1 Å². The molecule has 2 heterocycles. The van der Waals surface area contributed by atoms with Crippen LogP contribution < -0.4 is 4.90 Å². The smallest absolute Gasteiger partial charge is 0.129 e. The molecule has 17 heavy (non-hydrogen) atoms. The molecular weight excluding hydrogens is 212 g/mol. The summed E-state index contributed by atoms with van der Waals surface area (Å²) in [5.41, 5.74) is 1.95. The topological polar surface area (TPSA) is 36.4 Å². The largest absolute Gasteiger partial charge is 0.392 e. The number of pyridine rings is 1. The van der Waals surface area contributed by atoms with Gasteiger partial charge in [0.1, 0.15) is 5.82 Å². The lowest BCUT2D eigenvalue weighted by Crippen LogP contribution is -2.34. The molecule has 0 saturated carbocycles. The van der Waals surface area contributed by atoms with Crippen LogP contribution in [0.25, 0.3) is 0 Å². The van der Waals surface area contributed by atoms with E-state index < -0.39 is 0 Å². The van der Waals surface area contributed by atoms with E-state index in [1.165, 1.54) is 19.3 Å². The number of aliphatic hydroxyl groups is 1. The lowest BCUT2D eigenvalue weighted by molar-refractivity contribution is 0.281. The van der Waals surface area contributed by atoms with Crippen LogP contribution in [0.1, 0.15) is 37.4 Å². The molecule has 1 aliphatic rings. The summed E-state index contributed by atoms with van der Waals surface area (Å²) >= 11 is 0. The van der Waals surface area contributed by atoms with Crippen LogP contribution in [0.4, 0.5) is 5.82 Å². The third kappa shape index (κ3) is 2.97. The van der Waals surface area contributed by atoms with Gasteiger partial charge in [-0.3, -0.25) is 0 Å². The SMILES string of the molecule is CCC1CCN(c2cc(CO)cc(C)n2)CC1. The minimum Gasteiger partial charge on any atom is -0.392 e. The van der Waals surface area contributed by atoms with E-state index in [4.69, 9.17) is 0 Å². The molecule has 94 valence electrons. The normalized spacial score (nSPS) is 17.5. The summed E-state index contributed by atoms with van der Waals surface area (Å²) in [5.74, 6) is 1.91. The van der Waals surface area contributed by atoms with Crippen molar-refractivity contribution in [2.45, 2.75) is 39.7 Å². The number of hydrogen-bond donors (Lipinski definition) is 1. The molecule has 3 heteroatoms. The second-order valence-electron chi connectivity index (χ2n) is 4.97. The van der Waals surface area contributed by atoms with Crippen LogP contribution in [0.5, 0.6) is 0 Å². The van der Waals surface area contributed by atoms with E-state index in [1.807, 2.05) is 19.1 Å². The van der Waals surface area contributed by atoms with E-state index in [0.29, 0.717) is 0 Å². The molecule has 1 fully saturated rings. The summed E-state index contributed by atoms with van der Waals surface area (Å²) < 4.78 is 0. The fraction of sp³-hybridized carbons (Fsp3) is 0.643. The molecule has 1 aromatic rings. The van der Waals surface area contributed by atoms with Crippen LogP contribution in [0, 0.1) is 12.8 Å². The maximum absolute atomic E-state index is 9.22. The van der Waals surface area contributed by atoms with Gasteiger partial charge in [0.05, 0.1) is 6.61 Å². The van der Waals surface area contributed by atoms with Gasteiger partial charge in [-0.1, -0.05) is 13.3 Å². The van der Waals surface area contributed by atoms with Crippen molar-refractivity contribution in [3.63, 3.8) is 0 Å². The summed E-state index contributed by atoms with van der Waals surface area (Å²) in [6.07, 6.45) is 3.82. The molecule has 0 spiro atoms. The number of nitrogens with zero attached hydrogens (tertiary/aromatic N) is 2. The van der Waals surface area contributed by atoms with Crippen molar-refractivity contribution in [3.8, 4) is 0 Å². The molecule has 0 aromatic carbocycles. The minimum absolute atomic E-state index is 0.0990. The van der Waals surface area contributed by atoms with Crippen molar-refractivity contribution in [1.29, 1.82) is 0 Å². The highest BCUT2D eigenvalue weighted by Gasteiger charge is 2.19. The molecule has 0 atom stereocenters. The zero-order valence-electron chi connectivity index (χ0n) is 10.8. The standard InChI is InChI=1S/C14H22N2O/c1-3-12-4-6-16(7-5-12)14-9-13(10-17)8-11(2)15-14/h8-9,12,17H,3-7,10H2,1-2H3. The summed E-state index contributed by atoms with van der Waals surface area (Å²) in [4.78, 5) is 6.92. The molecule has 1 saturated heterocycles. The van der Waals surface area contributed by atoms with Gasteiger partial charge in [-0.25, -0.2) is 4.98 Å².